The Morgan fingerprint density at radius 3 is 2.50 bits per heavy atom. The van der Waals surface area contributed by atoms with Crippen LogP contribution in [-0.4, -0.2) is 35.4 Å². The maximum absolute atomic E-state index is 13.2. The molecule has 3 rings (SSSR count). The largest absolute Gasteiger partial charge is 0.484 e. The molecule has 0 aliphatic heterocycles. The van der Waals surface area contributed by atoms with E-state index < -0.39 is 6.04 Å². The monoisotopic (exact) mass is 456 g/mol. The molecule has 2 aromatic rings. The number of amides is 2. The molecule has 0 unspecified atom stereocenters. The third-order valence-electron chi connectivity index (χ3n) is 6.26. The Morgan fingerprint density at radius 1 is 1.09 bits per heavy atom. The molecular formula is C26H33ClN2O3. The van der Waals surface area contributed by atoms with Gasteiger partial charge in [-0.1, -0.05) is 55.1 Å². The standard InChI is InChI=1S/C26H33ClN2O3/c1-18-13-14-23(15-19(18)2)32-17-25(30)29(16-21-9-7-8-12-24(21)27)20(3)26(31)28-22-10-5-4-6-11-22/h7-9,12-15,20,22H,4-6,10-11,16-17H2,1-3H3,(H,28,31)/t20-/m1/s1. The Morgan fingerprint density at radius 2 is 1.81 bits per heavy atom. The van der Waals surface area contributed by atoms with Gasteiger partial charge in [0.1, 0.15) is 11.8 Å². The minimum Gasteiger partial charge on any atom is -0.484 e. The normalized spacial score (nSPS) is 15.1. The molecule has 0 spiro atoms. The summed E-state index contributed by atoms with van der Waals surface area (Å²) in [6, 6.07) is 12.7. The van der Waals surface area contributed by atoms with Gasteiger partial charge in [0, 0.05) is 17.6 Å². The van der Waals surface area contributed by atoms with Crippen LogP contribution in [0.4, 0.5) is 0 Å². The van der Waals surface area contributed by atoms with Crippen LogP contribution >= 0.6 is 11.6 Å². The molecule has 2 aromatic carbocycles. The van der Waals surface area contributed by atoms with Crippen molar-refractivity contribution in [1.82, 2.24) is 10.2 Å². The van der Waals surface area contributed by atoms with Crippen molar-refractivity contribution in [3.63, 3.8) is 0 Å². The summed E-state index contributed by atoms with van der Waals surface area (Å²) in [5.41, 5.74) is 3.06. The van der Waals surface area contributed by atoms with Crippen molar-refractivity contribution in [3.8, 4) is 5.75 Å². The molecule has 0 heterocycles. The van der Waals surface area contributed by atoms with E-state index in [2.05, 4.69) is 5.32 Å². The third-order valence-corrected chi connectivity index (χ3v) is 6.63. The van der Waals surface area contributed by atoms with Gasteiger partial charge in [-0.05, 0) is 68.5 Å². The fraction of sp³-hybridized carbons (Fsp3) is 0.462. The predicted octanol–water partition coefficient (Wildman–Crippen LogP) is 5.20. The molecule has 1 atom stereocenters. The minimum atomic E-state index is -0.635. The summed E-state index contributed by atoms with van der Waals surface area (Å²) in [6.07, 6.45) is 5.46. The summed E-state index contributed by atoms with van der Waals surface area (Å²) in [7, 11) is 0. The number of ether oxygens (including phenoxy) is 1. The van der Waals surface area contributed by atoms with Crippen LogP contribution in [0.25, 0.3) is 0 Å². The zero-order valence-electron chi connectivity index (χ0n) is 19.2. The Balaban J connectivity index is 1.72. The summed E-state index contributed by atoms with van der Waals surface area (Å²) in [5, 5.41) is 3.70. The first-order chi connectivity index (χ1) is 15.3. The number of carbonyl (C=O) groups excluding carboxylic acids is 2. The highest BCUT2D eigenvalue weighted by molar-refractivity contribution is 6.31. The van der Waals surface area contributed by atoms with Gasteiger partial charge in [-0.15, -0.1) is 0 Å². The lowest BCUT2D eigenvalue weighted by atomic mass is 9.95. The van der Waals surface area contributed by atoms with Crippen LogP contribution in [-0.2, 0) is 16.1 Å². The fourth-order valence-corrected chi connectivity index (χ4v) is 4.19. The van der Waals surface area contributed by atoms with Gasteiger partial charge >= 0.3 is 0 Å². The van der Waals surface area contributed by atoms with E-state index in [1.807, 2.05) is 50.2 Å². The molecule has 1 N–H and O–H groups in total. The molecule has 0 radical (unpaired) electrons. The molecule has 172 valence electrons. The number of rotatable bonds is 8. The first kappa shape index (κ1) is 24.1. The number of carbonyl (C=O) groups is 2. The summed E-state index contributed by atoms with van der Waals surface area (Å²) in [5.74, 6) is 0.247. The van der Waals surface area contributed by atoms with E-state index >= 15 is 0 Å². The van der Waals surface area contributed by atoms with Gasteiger partial charge in [-0.2, -0.15) is 0 Å². The van der Waals surface area contributed by atoms with Gasteiger partial charge in [-0.25, -0.2) is 0 Å². The van der Waals surface area contributed by atoms with Crippen molar-refractivity contribution in [3.05, 3.63) is 64.2 Å². The van der Waals surface area contributed by atoms with E-state index in [1.165, 1.54) is 6.42 Å². The van der Waals surface area contributed by atoms with Crippen LogP contribution in [0.5, 0.6) is 5.75 Å². The molecule has 1 aliphatic carbocycles. The molecule has 0 bridgehead atoms. The average molecular weight is 457 g/mol. The molecule has 0 aromatic heterocycles. The fourth-order valence-electron chi connectivity index (χ4n) is 3.99. The summed E-state index contributed by atoms with van der Waals surface area (Å²) in [4.78, 5) is 27.8. The van der Waals surface area contributed by atoms with Gasteiger partial charge in [0.05, 0.1) is 0 Å². The summed E-state index contributed by atoms with van der Waals surface area (Å²) in [6.45, 7) is 5.90. The highest BCUT2D eigenvalue weighted by atomic mass is 35.5. The smallest absolute Gasteiger partial charge is 0.261 e. The lowest BCUT2D eigenvalue weighted by molar-refractivity contribution is -0.142. The molecule has 32 heavy (non-hydrogen) atoms. The van der Waals surface area contributed by atoms with E-state index in [9.17, 15) is 9.59 Å². The van der Waals surface area contributed by atoms with E-state index in [0.717, 1.165) is 42.4 Å². The second kappa shape index (κ2) is 11.4. The van der Waals surface area contributed by atoms with Crippen LogP contribution < -0.4 is 10.1 Å². The maximum atomic E-state index is 13.2. The molecule has 1 fully saturated rings. The van der Waals surface area contributed by atoms with Crippen LogP contribution in [0.15, 0.2) is 42.5 Å². The van der Waals surface area contributed by atoms with Crippen molar-refractivity contribution < 1.29 is 14.3 Å². The quantitative estimate of drug-likeness (QED) is 0.593. The number of nitrogens with zero attached hydrogens (tertiary/aromatic N) is 1. The van der Waals surface area contributed by atoms with Crippen molar-refractivity contribution in [2.24, 2.45) is 0 Å². The number of hydrogen-bond donors (Lipinski definition) is 1. The van der Waals surface area contributed by atoms with Gasteiger partial charge in [-0.3, -0.25) is 9.59 Å². The first-order valence-electron chi connectivity index (χ1n) is 11.4. The molecule has 2 amide bonds. The van der Waals surface area contributed by atoms with Crippen LogP contribution in [0.2, 0.25) is 5.02 Å². The lowest BCUT2D eigenvalue weighted by Crippen LogP contribution is -2.51. The minimum absolute atomic E-state index is 0.136. The van der Waals surface area contributed by atoms with Gasteiger partial charge in [0.15, 0.2) is 6.61 Å². The maximum Gasteiger partial charge on any atom is 0.261 e. The van der Waals surface area contributed by atoms with E-state index in [4.69, 9.17) is 16.3 Å². The van der Waals surface area contributed by atoms with Crippen molar-refractivity contribution in [2.75, 3.05) is 6.61 Å². The average Bonchev–Trinajstić information content (AvgIpc) is 2.79. The Hall–Kier alpha value is -2.53. The van der Waals surface area contributed by atoms with Gasteiger partial charge < -0.3 is 15.0 Å². The summed E-state index contributed by atoms with van der Waals surface area (Å²) >= 11 is 6.35. The molecule has 0 saturated heterocycles. The highest BCUT2D eigenvalue weighted by Crippen LogP contribution is 2.21. The SMILES string of the molecule is Cc1ccc(OCC(=O)N(Cc2ccccc2Cl)[C@H](C)C(=O)NC2CCCCC2)cc1C. The third kappa shape index (κ3) is 6.49. The lowest BCUT2D eigenvalue weighted by Gasteiger charge is -2.31. The van der Waals surface area contributed by atoms with E-state index in [1.54, 1.807) is 17.9 Å². The Kier molecular flexibility index (Phi) is 8.57. The van der Waals surface area contributed by atoms with Crippen LogP contribution in [0.1, 0.15) is 55.7 Å². The molecular weight excluding hydrogens is 424 g/mol. The van der Waals surface area contributed by atoms with Gasteiger partial charge in [0.25, 0.3) is 5.91 Å². The first-order valence-corrected chi connectivity index (χ1v) is 11.8. The van der Waals surface area contributed by atoms with Gasteiger partial charge in [0.2, 0.25) is 5.91 Å². The topological polar surface area (TPSA) is 58.6 Å². The second-order valence-electron chi connectivity index (χ2n) is 8.67. The zero-order chi connectivity index (χ0) is 23.1. The molecule has 6 heteroatoms. The van der Waals surface area contributed by atoms with Crippen molar-refractivity contribution >= 4 is 23.4 Å². The van der Waals surface area contributed by atoms with Crippen molar-refractivity contribution in [1.29, 1.82) is 0 Å². The summed E-state index contributed by atoms with van der Waals surface area (Å²) < 4.78 is 5.78. The molecule has 1 aliphatic rings. The Labute approximate surface area is 196 Å². The number of nitrogens with one attached hydrogen (secondary N) is 1. The number of aryl methyl sites for hydroxylation is 2. The molecule has 5 nitrogen and oxygen atoms in total. The predicted molar refractivity (Wildman–Crippen MR) is 128 cm³/mol. The van der Waals surface area contributed by atoms with E-state index in [-0.39, 0.29) is 31.0 Å². The van der Waals surface area contributed by atoms with Crippen LogP contribution in [0, 0.1) is 13.8 Å². The number of hydrogen-bond acceptors (Lipinski definition) is 3. The number of halogens is 1. The van der Waals surface area contributed by atoms with Crippen LogP contribution in [0.3, 0.4) is 0 Å². The number of benzene rings is 2. The van der Waals surface area contributed by atoms with E-state index in [0.29, 0.717) is 10.8 Å². The van der Waals surface area contributed by atoms with Crippen molar-refractivity contribution in [2.45, 2.75) is 71.5 Å². The Bertz CT molecular complexity index is 940. The highest BCUT2D eigenvalue weighted by Gasteiger charge is 2.28. The second-order valence-corrected chi connectivity index (χ2v) is 9.07. The molecule has 1 saturated carbocycles. The zero-order valence-corrected chi connectivity index (χ0v) is 20.0.